The Kier molecular flexibility index (Phi) is 5.06. The zero-order valence-electron chi connectivity index (χ0n) is 15.0. The molecule has 26 heavy (non-hydrogen) atoms. The molecular weight excluding hydrogens is 340 g/mol. The molecule has 1 atom stereocenters. The number of hydrogen-bond donors (Lipinski definition) is 1. The van der Waals surface area contributed by atoms with Gasteiger partial charge < -0.3 is 9.42 Å². The predicted octanol–water partition coefficient (Wildman–Crippen LogP) is 4.53. The van der Waals surface area contributed by atoms with Crippen molar-refractivity contribution in [1.82, 2.24) is 10.1 Å². The summed E-state index contributed by atoms with van der Waals surface area (Å²) in [5.74, 6) is -1.32. The Morgan fingerprint density at radius 1 is 1.38 bits per heavy atom. The number of nitrogens with one attached hydrogen (secondary N) is 1. The summed E-state index contributed by atoms with van der Waals surface area (Å²) in [4.78, 5) is 14.1. The molecule has 138 valence electrons. The Hall–Kier alpha value is -2.70. The Morgan fingerprint density at radius 3 is 2.81 bits per heavy atom. The average molecular weight is 361 g/mol. The van der Waals surface area contributed by atoms with Crippen molar-refractivity contribution in [2.75, 3.05) is 18.4 Å². The summed E-state index contributed by atoms with van der Waals surface area (Å²) >= 11 is 0. The first kappa shape index (κ1) is 18.1. The van der Waals surface area contributed by atoms with E-state index in [1.807, 2.05) is 13.8 Å². The Morgan fingerprint density at radius 2 is 2.15 bits per heavy atom. The highest BCUT2D eigenvalue weighted by molar-refractivity contribution is 5.88. The van der Waals surface area contributed by atoms with Crippen LogP contribution in [0.2, 0.25) is 0 Å². The van der Waals surface area contributed by atoms with Crippen molar-refractivity contribution in [3.63, 3.8) is 0 Å². The molecule has 3 rings (SSSR count). The summed E-state index contributed by atoms with van der Waals surface area (Å²) in [5.41, 5.74) is 2.75. The van der Waals surface area contributed by atoms with E-state index in [1.165, 1.54) is 6.07 Å². The van der Waals surface area contributed by atoms with Crippen molar-refractivity contribution in [3.8, 4) is 0 Å². The molecule has 0 saturated carbocycles. The fraction of sp³-hybridized carbons (Fsp3) is 0.368. The van der Waals surface area contributed by atoms with E-state index in [4.69, 9.17) is 4.52 Å². The highest BCUT2D eigenvalue weighted by Crippen LogP contribution is 2.27. The summed E-state index contributed by atoms with van der Waals surface area (Å²) in [5, 5.41) is 6.55. The van der Waals surface area contributed by atoms with Crippen molar-refractivity contribution in [2.45, 2.75) is 27.2 Å². The number of carbonyl (C=O) groups excluding carboxylic acids is 1. The largest absolute Gasteiger partial charge is 0.338 e. The number of nitrogens with zero attached hydrogens (tertiary/aromatic N) is 2. The minimum atomic E-state index is -0.860. The highest BCUT2D eigenvalue weighted by atomic mass is 19.2. The van der Waals surface area contributed by atoms with Crippen molar-refractivity contribution in [1.29, 1.82) is 0 Å². The number of amides is 2. The maximum Gasteiger partial charge on any atom is 0.324 e. The monoisotopic (exact) mass is 361 g/mol. The van der Waals surface area contributed by atoms with Gasteiger partial charge in [0.2, 0.25) is 5.88 Å². The van der Waals surface area contributed by atoms with Crippen LogP contribution in [0.15, 0.2) is 28.3 Å². The number of benzene rings is 1. The molecule has 7 heteroatoms. The molecule has 2 amide bonds. The first-order valence-corrected chi connectivity index (χ1v) is 8.50. The van der Waals surface area contributed by atoms with Gasteiger partial charge in [-0.3, -0.25) is 5.32 Å². The van der Waals surface area contributed by atoms with Crippen molar-refractivity contribution >= 4 is 18.0 Å². The van der Waals surface area contributed by atoms with Gasteiger partial charge in [-0.25, -0.2) is 13.6 Å². The molecule has 1 aromatic heterocycles. The third kappa shape index (κ3) is 3.61. The maximum absolute atomic E-state index is 13.9. The molecule has 0 spiro atoms. The third-order valence-corrected chi connectivity index (χ3v) is 4.78. The van der Waals surface area contributed by atoms with E-state index in [2.05, 4.69) is 10.5 Å². The summed E-state index contributed by atoms with van der Waals surface area (Å²) in [6.45, 7) is 6.58. The second-order valence-corrected chi connectivity index (χ2v) is 6.61. The minimum Gasteiger partial charge on any atom is -0.338 e. The van der Waals surface area contributed by atoms with Gasteiger partial charge in [0, 0.05) is 24.2 Å². The van der Waals surface area contributed by atoms with Crippen LogP contribution in [-0.2, 0) is 0 Å². The molecule has 1 aliphatic rings. The van der Waals surface area contributed by atoms with E-state index in [1.54, 1.807) is 24.0 Å². The molecule has 0 bridgehead atoms. The summed E-state index contributed by atoms with van der Waals surface area (Å²) in [6, 6.07) is 3.87. The van der Waals surface area contributed by atoms with Crippen LogP contribution in [0.25, 0.3) is 6.08 Å². The minimum absolute atomic E-state index is 0.0368. The number of rotatable bonds is 2. The van der Waals surface area contributed by atoms with Crippen LogP contribution in [0.5, 0.6) is 0 Å². The van der Waals surface area contributed by atoms with E-state index in [9.17, 15) is 13.6 Å². The van der Waals surface area contributed by atoms with Gasteiger partial charge in [0.25, 0.3) is 0 Å². The van der Waals surface area contributed by atoms with Crippen LogP contribution in [-0.4, -0.2) is 29.2 Å². The third-order valence-electron chi connectivity index (χ3n) is 4.78. The van der Waals surface area contributed by atoms with Crippen LogP contribution in [0.4, 0.5) is 19.5 Å². The standard InChI is InChI=1S/C19H21F2N3O2/c1-11-10-24(19(25)22-18-12(2)13(3)23-26-18)8-7-14(11)9-15-5-4-6-16(20)17(15)21/h4-6,9,11H,7-8,10H2,1-3H3,(H,22,25). The molecule has 5 nitrogen and oxygen atoms in total. The fourth-order valence-corrected chi connectivity index (χ4v) is 2.99. The van der Waals surface area contributed by atoms with Crippen LogP contribution in [0, 0.1) is 31.4 Å². The van der Waals surface area contributed by atoms with Gasteiger partial charge in [0.1, 0.15) is 0 Å². The average Bonchev–Trinajstić information content (AvgIpc) is 2.92. The number of hydrogen-bond acceptors (Lipinski definition) is 3. The number of carbonyl (C=O) groups is 1. The topological polar surface area (TPSA) is 58.4 Å². The molecule has 2 heterocycles. The maximum atomic E-state index is 13.9. The summed E-state index contributed by atoms with van der Waals surface area (Å²) in [7, 11) is 0. The molecule has 1 N–H and O–H groups in total. The number of anilines is 1. The van der Waals surface area contributed by atoms with E-state index < -0.39 is 11.6 Å². The second-order valence-electron chi connectivity index (χ2n) is 6.61. The quantitative estimate of drug-likeness (QED) is 0.855. The molecular formula is C19H21F2N3O2. The Balaban J connectivity index is 1.68. The normalized spacial score (nSPS) is 19.0. The van der Waals surface area contributed by atoms with E-state index in [0.717, 1.165) is 22.9 Å². The summed E-state index contributed by atoms with van der Waals surface area (Å²) in [6.07, 6.45) is 2.28. The van der Waals surface area contributed by atoms with Gasteiger partial charge in [-0.15, -0.1) is 0 Å². The second kappa shape index (κ2) is 7.27. The van der Waals surface area contributed by atoms with Crippen LogP contribution in [0.1, 0.15) is 30.2 Å². The number of piperidine rings is 1. The molecule has 1 aliphatic heterocycles. The number of likely N-dealkylation sites (tertiary alicyclic amines) is 1. The highest BCUT2D eigenvalue weighted by Gasteiger charge is 2.26. The lowest BCUT2D eigenvalue weighted by molar-refractivity contribution is 0.197. The predicted molar refractivity (Wildman–Crippen MR) is 94.7 cm³/mol. The molecule has 1 saturated heterocycles. The SMILES string of the molecule is Cc1noc(NC(=O)N2CCC(=Cc3cccc(F)c3F)C(C)C2)c1C. The van der Waals surface area contributed by atoms with Gasteiger partial charge in [-0.2, -0.15) is 0 Å². The molecule has 2 aromatic rings. The van der Waals surface area contributed by atoms with E-state index in [0.29, 0.717) is 25.4 Å². The zero-order chi connectivity index (χ0) is 18.8. The Labute approximate surface area is 150 Å². The lowest BCUT2D eigenvalue weighted by atomic mass is 9.91. The van der Waals surface area contributed by atoms with Crippen molar-refractivity contribution < 1.29 is 18.1 Å². The van der Waals surface area contributed by atoms with E-state index >= 15 is 0 Å². The summed E-state index contributed by atoms with van der Waals surface area (Å²) < 4.78 is 32.3. The first-order valence-electron chi connectivity index (χ1n) is 8.50. The molecule has 0 aliphatic carbocycles. The number of halogens is 2. The van der Waals surface area contributed by atoms with Gasteiger partial charge in [-0.05, 0) is 32.3 Å². The Bertz CT molecular complexity index is 860. The number of urea groups is 1. The lowest BCUT2D eigenvalue weighted by Gasteiger charge is -2.33. The van der Waals surface area contributed by atoms with Crippen molar-refractivity contribution in [2.24, 2.45) is 5.92 Å². The molecule has 1 fully saturated rings. The van der Waals surface area contributed by atoms with Gasteiger partial charge >= 0.3 is 6.03 Å². The number of aryl methyl sites for hydroxylation is 1. The molecule has 1 aromatic carbocycles. The van der Waals surface area contributed by atoms with E-state index in [-0.39, 0.29) is 17.5 Å². The van der Waals surface area contributed by atoms with Gasteiger partial charge in [0.15, 0.2) is 11.6 Å². The molecule has 0 radical (unpaired) electrons. The lowest BCUT2D eigenvalue weighted by Crippen LogP contribution is -2.42. The van der Waals surface area contributed by atoms with Gasteiger partial charge in [-0.1, -0.05) is 35.9 Å². The van der Waals surface area contributed by atoms with Crippen LogP contribution in [0.3, 0.4) is 0 Å². The van der Waals surface area contributed by atoms with Crippen LogP contribution < -0.4 is 5.32 Å². The van der Waals surface area contributed by atoms with Crippen LogP contribution >= 0.6 is 0 Å². The van der Waals surface area contributed by atoms with Crippen molar-refractivity contribution in [3.05, 3.63) is 52.2 Å². The molecule has 1 unspecified atom stereocenters. The fourth-order valence-electron chi connectivity index (χ4n) is 2.99. The zero-order valence-corrected chi connectivity index (χ0v) is 15.0. The number of aromatic nitrogens is 1. The first-order chi connectivity index (χ1) is 12.4. The smallest absolute Gasteiger partial charge is 0.324 e. The van der Waals surface area contributed by atoms with Gasteiger partial charge in [0.05, 0.1) is 5.69 Å².